The van der Waals surface area contributed by atoms with Crippen LogP contribution >= 0.6 is 10.7 Å². The van der Waals surface area contributed by atoms with Crippen LogP contribution in [0, 0.1) is 5.92 Å². The number of rotatable bonds is 3. The van der Waals surface area contributed by atoms with Gasteiger partial charge in [0.15, 0.2) is 0 Å². The Kier molecular flexibility index (Phi) is 4.67. The van der Waals surface area contributed by atoms with Gasteiger partial charge in [0, 0.05) is 23.9 Å². The quantitative estimate of drug-likeness (QED) is 0.710. The van der Waals surface area contributed by atoms with Gasteiger partial charge in [0.1, 0.15) is 0 Å². The Morgan fingerprint density at radius 2 is 2.14 bits per heavy atom. The number of hydrogen-bond donors (Lipinski definition) is 0. The smallest absolute Gasteiger partial charge is 0.235 e. The van der Waals surface area contributed by atoms with E-state index in [-0.39, 0.29) is 0 Å². The molecule has 3 nitrogen and oxygen atoms in total. The van der Waals surface area contributed by atoms with Crippen LogP contribution in [0.3, 0.4) is 0 Å². The van der Waals surface area contributed by atoms with E-state index in [1.165, 1.54) is 0 Å². The first-order valence-corrected chi connectivity index (χ1v) is 7.38. The maximum absolute atomic E-state index is 11.0. The monoisotopic (exact) mass is 240 g/mol. The fourth-order valence-electron chi connectivity index (χ4n) is 1.79. The highest BCUT2D eigenvalue weighted by molar-refractivity contribution is 8.14. The van der Waals surface area contributed by atoms with E-state index in [2.05, 4.69) is 0 Å². The minimum absolute atomic E-state index is 0.438. The molecule has 0 N–H and O–H groups in total. The maximum Gasteiger partial charge on any atom is 0.235 e. The molecule has 0 saturated carbocycles. The van der Waals surface area contributed by atoms with Gasteiger partial charge in [0.05, 0.1) is 5.25 Å². The van der Waals surface area contributed by atoms with Gasteiger partial charge >= 0.3 is 0 Å². The first-order chi connectivity index (χ1) is 6.50. The summed E-state index contributed by atoms with van der Waals surface area (Å²) in [5, 5.41) is -0.438. The van der Waals surface area contributed by atoms with Gasteiger partial charge in [0.2, 0.25) is 9.05 Å². The van der Waals surface area contributed by atoms with Gasteiger partial charge in [-0.25, -0.2) is 8.42 Å². The zero-order valence-electron chi connectivity index (χ0n) is 8.41. The second-order valence-corrected chi connectivity index (χ2v) is 6.98. The van der Waals surface area contributed by atoms with Gasteiger partial charge in [-0.3, -0.25) is 0 Å². The van der Waals surface area contributed by atoms with Crippen LogP contribution in [0.25, 0.3) is 0 Å². The molecular weight excluding hydrogens is 224 g/mol. The fourth-order valence-corrected chi connectivity index (χ4v) is 2.51. The highest BCUT2D eigenvalue weighted by Crippen LogP contribution is 2.24. The minimum atomic E-state index is -3.38. The lowest BCUT2D eigenvalue weighted by molar-refractivity contribution is 0.141. The molecule has 1 heterocycles. The molecule has 1 aliphatic rings. The molecule has 0 aliphatic carbocycles. The van der Waals surface area contributed by atoms with Crippen LogP contribution in [0.4, 0.5) is 0 Å². The average Bonchev–Trinajstić information content (AvgIpc) is 2.31. The molecule has 1 fully saturated rings. The van der Waals surface area contributed by atoms with E-state index in [0.29, 0.717) is 12.3 Å². The van der Waals surface area contributed by atoms with Crippen molar-refractivity contribution < 1.29 is 13.2 Å². The van der Waals surface area contributed by atoms with E-state index in [1.807, 2.05) is 0 Å². The van der Waals surface area contributed by atoms with Crippen LogP contribution in [-0.4, -0.2) is 26.9 Å². The van der Waals surface area contributed by atoms with Gasteiger partial charge in [-0.15, -0.1) is 0 Å². The Morgan fingerprint density at radius 1 is 1.43 bits per heavy atom. The second kappa shape index (κ2) is 5.33. The molecule has 1 saturated heterocycles. The Labute approximate surface area is 90.2 Å². The van der Waals surface area contributed by atoms with Gasteiger partial charge in [0.25, 0.3) is 0 Å². The molecular formula is C9H17ClO3S. The van der Waals surface area contributed by atoms with Crippen LogP contribution in [0.15, 0.2) is 0 Å². The zero-order chi connectivity index (χ0) is 10.6. The molecule has 2 atom stereocenters. The van der Waals surface area contributed by atoms with Crippen molar-refractivity contribution in [1.82, 2.24) is 0 Å². The van der Waals surface area contributed by atoms with Gasteiger partial charge in [-0.05, 0) is 38.5 Å². The molecule has 0 bridgehead atoms. The van der Waals surface area contributed by atoms with Gasteiger partial charge in [-0.2, -0.15) is 0 Å². The molecule has 84 valence electrons. The lowest BCUT2D eigenvalue weighted by atomic mass is 9.96. The Hall–Kier alpha value is 0.200. The summed E-state index contributed by atoms with van der Waals surface area (Å²) in [6.45, 7) is 3.23. The van der Waals surface area contributed by atoms with Crippen molar-refractivity contribution >= 4 is 19.7 Å². The topological polar surface area (TPSA) is 43.4 Å². The van der Waals surface area contributed by atoms with Crippen molar-refractivity contribution in [1.29, 1.82) is 0 Å². The summed E-state index contributed by atoms with van der Waals surface area (Å²) in [6.07, 6.45) is 3.70. The molecule has 0 aromatic rings. The third-order valence-electron chi connectivity index (χ3n) is 2.72. The van der Waals surface area contributed by atoms with Crippen LogP contribution in [0.2, 0.25) is 0 Å². The van der Waals surface area contributed by atoms with E-state index in [9.17, 15) is 8.42 Å². The van der Waals surface area contributed by atoms with Crippen molar-refractivity contribution in [2.75, 3.05) is 13.2 Å². The third kappa shape index (κ3) is 4.15. The fraction of sp³-hybridized carbons (Fsp3) is 1.00. The number of halogens is 1. The number of hydrogen-bond acceptors (Lipinski definition) is 3. The normalized spacial score (nSPS) is 26.9. The van der Waals surface area contributed by atoms with Gasteiger partial charge in [-0.1, -0.05) is 0 Å². The van der Waals surface area contributed by atoms with Crippen LogP contribution in [0.5, 0.6) is 0 Å². The average molecular weight is 241 g/mol. The van der Waals surface area contributed by atoms with Crippen molar-refractivity contribution in [2.45, 2.75) is 37.9 Å². The van der Waals surface area contributed by atoms with E-state index in [1.54, 1.807) is 6.92 Å². The first-order valence-electron chi connectivity index (χ1n) is 5.01. The van der Waals surface area contributed by atoms with Crippen molar-refractivity contribution in [2.24, 2.45) is 5.92 Å². The molecule has 0 spiro atoms. The molecule has 14 heavy (non-hydrogen) atoms. The summed E-state index contributed by atoms with van der Waals surface area (Å²) in [5.74, 6) is 0.445. The third-order valence-corrected chi connectivity index (χ3v) is 4.78. The highest BCUT2D eigenvalue weighted by atomic mass is 35.7. The zero-order valence-corrected chi connectivity index (χ0v) is 9.98. The van der Waals surface area contributed by atoms with E-state index < -0.39 is 14.3 Å². The molecule has 0 radical (unpaired) electrons. The number of ether oxygens (including phenoxy) is 1. The van der Waals surface area contributed by atoms with Crippen molar-refractivity contribution in [3.8, 4) is 0 Å². The minimum Gasteiger partial charge on any atom is -0.381 e. The molecule has 0 amide bonds. The standard InChI is InChI=1S/C9H17ClO3S/c1-8(14(10,11)12)7-9-3-2-5-13-6-4-9/h8-9H,2-7H2,1H3. The summed E-state index contributed by atoms with van der Waals surface area (Å²) in [4.78, 5) is 0. The molecule has 0 aromatic carbocycles. The summed E-state index contributed by atoms with van der Waals surface area (Å²) in [7, 11) is 1.90. The predicted molar refractivity (Wildman–Crippen MR) is 57.0 cm³/mol. The Balaban J connectivity index is 2.42. The summed E-state index contributed by atoms with van der Waals surface area (Å²) < 4.78 is 27.4. The predicted octanol–water partition coefficient (Wildman–Crippen LogP) is 2.15. The Bertz CT molecular complexity index is 255. The largest absolute Gasteiger partial charge is 0.381 e. The molecule has 2 unspecified atom stereocenters. The lowest BCUT2D eigenvalue weighted by Gasteiger charge is -2.16. The first kappa shape index (κ1) is 12.3. The lowest BCUT2D eigenvalue weighted by Crippen LogP contribution is -2.17. The van der Waals surface area contributed by atoms with E-state index in [4.69, 9.17) is 15.4 Å². The summed E-state index contributed by atoms with van der Waals surface area (Å²) in [5.41, 5.74) is 0. The molecule has 0 aromatic heterocycles. The van der Waals surface area contributed by atoms with Crippen LogP contribution < -0.4 is 0 Å². The SMILES string of the molecule is CC(CC1CCCOCC1)S(=O)(=O)Cl. The molecule has 5 heteroatoms. The maximum atomic E-state index is 11.0. The molecule has 1 aliphatic heterocycles. The van der Waals surface area contributed by atoms with E-state index in [0.717, 1.165) is 32.5 Å². The van der Waals surface area contributed by atoms with E-state index >= 15 is 0 Å². The van der Waals surface area contributed by atoms with Gasteiger partial charge < -0.3 is 4.74 Å². The van der Waals surface area contributed by atoms with Crippen molar-refractivity contribution in [3.63, 3.8) is 0 Å². The van der Waals surface area contributed by atoms with Crippen LogP contribution in [0.1, 0.15) is 32.6 Å². The molecule has 1 rings (SSSR count). The highest BCUT2D eigenvalue weighted by Gasteiger charge is 2.23. The summed E-state index contributed by atoms with van der Waals surface area (Å²) >= 11 is 0. The second-order valence-electron chi connectivity index (χ2n) is 3.93. The summed E-state index contributed by atoms with van der Waals surface area (Å²) in [6, 6.07) is 0. The van der Waals surface area contributed by atoms with Crippen molar-refractivity contribution in [3.05, 3.63) is 0 Å². The Morgan fingerprint density at radius 3 is 2.79 bits per heavy atom. The van der Waals surface area contributed by atoms with Crippen LogP contribution in [-0.2, 0) is 13.8 Å².